The molecule has 2 aromatic rings. The molecular formula is C27H34N2O4. The Bertz CT molecular complexity index is 992. The number of aliphatic hydroxyl groups is 1. The lowest BCUT2D eigenvalue weighted by atomic mass is 9.95. The number of benzene rings is 2. The van der Waals surface area contributed by atoms with Gasteiger partial charge in [0.25, 0.3) is 11.7 Å². The van der Waals surface area contributed by atoms with Gasteiger partial charge in [-0.2, -0.15) is 0 Å². The monoisotopic (exact) mass is 450 g/mol. The minimum Gasteiger partial charge on any atom is -0.507 e. The number of carbonyl (C=O) groups excluding carboxylic acids is 2. The van der Waals surface area contributed by atoms with Crippen molar-refractivity contribution in [3.8, 4) is 5.75 Å². The molecule has 3 rings (SSSR count). The van der Waals surface area contributed by atoms with Crippen LogP contribution < -0.4 is 4.74 Å². The van der Waals surface area contributed by atoms with Gasteiger partial charge in [-0.25, -0.2) is 0 Å². The van der Waals surface area contributed by atoms with E-state index < -0.39 is 17.7 Å². The summed E-state index contributed by atoms with van der Waals surface area (Å²) in [5, 5.41) is 11.1. The first kappa shape index (κ1) is 24.5. The number of likely N-dealkylation sites (tertiary alicyclic amines) is 1. The standard InChI is InChI=1S/C27H34N2O4/c1-5-18-33-22-14-12-20(13-15-22)24-23(25(30)21-10-8-19(4)9-11-21)26(31)27(32)29(24)17-16-28(6-2)7-3/h8-15,24,30H,5-7,16-18H2,1-4H3/b25-23+/t24-/m1/s1. The maximum Gasteiger partial charge on any atom is 0.295 e. The van der Waals surface area contributed by atoms with Crippen LogP contribution >= 0.6 is 0 Å². The minimum absolute atomic E-state index is 0.130. The smallest absolute Gasteiger partial charge is 0.295 e. The number of aliphatic hydroxyl groups excluding tert-OH is 1. The van der Waals surface area contributed by atoms with Gasteiger partial charge in [0.1, 0.15) is 11.5 Å². The Morgan fingerprint density at radius 1 is 1.00 bits per heavy atom. The molecule has 1 aliphatic rings. The number of nitrogens with zero attached hydrogens (tertiary/aromatic N) is 2. The Hall–Kier alpha value is -3.12. The van der Waals surface area contributed by atoms with Crippen molar-refractivity contribution in [2.45, 2.75) is 40.2 Å². The van der Waals surface area contributed by atoms with Crippen LogP contribution in [0, 0.1) is 6.92 Å². The molecule has 0 saturated carbocycles. The summed E-state index contributed by atoms with van der Waals surface area (Å²) < 4.78 is 5.69. The third-order valence-corrected chi connectivity index (χ3v) is 6.09. The van der Waals surface area contributed by atoms with E-state index >= 15 is 0 Å². The lowest BCUT2D eigenvalue weighted by molar-refractivity contribution is -0.140. The molecule has 33 heavy (non-hydrogen) atoms. The van der Waals surface area contributed by atoms with Crippen molar-refractivity contribution in [3.05, 3.63) is 70.8 Å². The largest absolute Gasteiger partial charge is 0.507 e. The summed E-state index contributed by atoms with van der Waals surface area (Å²) >= 11 is 0. The van der Waals surface area contributed by atoms with Crippen molar-refractivity contribution < 1.29 is 19.4 Å². The molecule has 0 radical (unpaired) electrons. The van der Waals surface area contributed by atoms with Crippen LogP contribution in [0.5, 0.6) is 5.75 Å². The molecule has 1 heterocycles. The molecule has 1 aliphatic heterocycles. The molecule has 176 valence electrons. The number of Topliss-reactive ketones (excluding diaryl/α,β-unsaturated/α-hetero) is 1. The third-order valence-electron chi connectivity index (χ3n) is 6.09. The van der Waals surface area contributed by atoms with Crippen LogP contribution in [0.2, 0.25) is 0 Å². The van der Waals surface area contributed by atoms with Gasteiger partial charge >= 0.3 is 0 Å². The van der Waals surface area contributed by atoms with E-state index in [-0.39, 0.29) is 11.3 Å². The molecule has 1 fully saturated rings. The van der Waals surface area contributed by atoms with Crippen LogP contribution in [0.4, 0.5) is 0 Å². The van der Waals surface area contributed by atoms with E-state index in [4.69, 9.17) is 4.74 Å². The summed E-state index contributed by atoms with van der Waals surface area (Å²) in [4.78, 5) is 30.0. The van der Waals surface area contributed by atoms with Crippen molar-refractivity contribution in [3.63, 3.8) is 0 Å². The number of rotatable bonds is 10. The first-order chi connectivity index (χ1) is 15.9. The second-order valence-electron chi connectivity index (χ2n) is 8.30. The van der Waals surface area contributed by atoms with Gasteiger partial charge in [0.2, 0.25) is 0 Å². The molecule has 1 saturated heterocycles. The van der Waals surface area contributed by atoms with Crippen LogP contribution in [0.1, 0.15) is 49.9 Å². The van der Waals surface area contributed by atoms with E-state index in [2.05, 4.69) is 18.7 Å². The minimum atomic E-state index is -0.651. The van der Waals surface area contributed by atoms with E-state index in [9.17, 15) is 14.7 Å². The average Bonchev–Trinajstić information content (AvgIpc) is 3.08. The molecule has 6 nitrogen and oxygen atoms in total. The molecule has 0 unspecified atom stereocenters. The maximum atomic E-state index is 13.1. The zero-order chi connectivity index (χ0) is 24.0. The van der Waals surface area contributed by atoms with E-state index in [0.717, 1.165) is 36.4 Å². The highest BCUT2D eigenvalue weighted by atomic mass is 16.5. The number of carbonyl (C=O) groups is 2. The highest BCUT2D eigenvalue weighted by molar-refractivity contribution is 6.46. The lowest BCUT2D eigenvalue weighted by Gasteiger charge is -2.28. The fourth-order valence-electron chi connectivity index (χ4n) is 4.08. The quantitative estimate of drug-likeness (QED) is 0.327. The summed E-state index contributed by atoms with van der Waals surface area (Å²) in [7, 11) is 0. The van der Waals surface area contributed by atoms with Crippen LogP contribution in [0.3, 0.4) is 0 Å². The zero-order valence-corrected chi connectivity index (χ0v) is 20.0. The molecule has 6 heteroatoms. The van der Waals surface area contributed by atoms with Crippen molar-refractivity contribution in [2.75, 3.05) is 32.8 Å². The topological polar surface area (TPSA) is 70.1 Å². The van der Waals surface area contributed by atoms with Crippen molar-refractivity contribution in [1.82, 2.24) is 9.80 Å². The first-order valence-electron chi connectivity index (χ1n) is 11.7. The van der Waals surface area contributed by atoms with Crippen LogP contribution in [0.15, 0.2) is 54.1 Å². The van der Waals surface area contributed by atoms with Gasteiger partial charge < -0.3 is 19.6 Å². The zero-order valence-electron chi connectivity index (χ0n) is 20.0. The van der Waals surface area contributed by atoms with Gasteiger partial charge in [-0.3, -0.25) is 9.59 Å². The number of hydrogen-bond acceptors (Lipinski definition) is 5. The second kappa shape index (κ2) is 11.1. The first-order valence-corrected chi connectivity index (χ1v) is 11.7. The average molecular weight is 451 g/mol. The normalized spacial score (nSPS) is 17.7. The molecule has 1 amide bonds. The van der Waals surface area contributed by atoms with E-state index in [1.807, 2.05) is 50.2 Å². The molecule has 1 N–H and O–H groups in total. The van der Waals surface area contributed by atoms with E-state index in [1.54, 1.807) is 17.0 Å². The lowest BCUT2D eigenvalue weighted by Crippen LogP contribution is -2.38. The highest BCUT2D eigenvalue weighted by Gasteiger charge is 2.45. The SMILES string of the molecule is CCCOc1ccc([C@@H]2/C(=C(\O)c3ccc(C)cc3)C(=O)C(=O)N2CCN(CC)CC)cc1. The summed E-state index contributed by atoms with van der Waals surface area (Å²) in [5.74, 6) is -0.634. The highest BCUT2D eigenvalue weighted by Crippen LogP contribution is 2.39. The van der Waals surface area contributed by atoms with Gasteiger partial charge in [-0.15, -0.1) is 0 Å². The summed E-state index contributed by atoms with van der Waals surface area (Å²) in [6.07, 6.45) is 0.907. The van der Waals surface area contributed by atoms with Crippen molar-refractivity contribution in [1.29, 1.82) is 0 Å². The number of aryl methyl sites for hydroxylation is 1. The van der Waals surface area contributed by atoms with Gasteiger partial charge in [-0.05, 0) is 44.1 Å². The van der Waals surface area contributed by atoms with Crippen LogP contribution in [-0.2, 0) is 9.59 Å². The number of ketones is 1. The Balaban J connectivity index is 2.04. The molecule has 2 aromatic carbocycles. The predicted molar refractivity (Wildman–Crippen MR) is 130 cm³/mol. The molecule has 0 aliphatic carbocycles. The third kappa shape index (κ3) is 5.45. The number of ether oxygens (including phenoxy) is 1. The number of amides is 1. The number of likely N-dealkylation sites (N-methyl/N-ethyl adjacent to an activating group) is 1. The molecule has 0 spiro atoms. The summed E-state index contributed by atoms with van der Waals surface area (Å²) in [6, 6.07) is 14.1. The van der Waals surface area contributed by atoms with Gasteiger partial charge in [0, 0.05) is 18.7 Å². The van der Waals surface area contributed by atoms with Crippen molar-refractivity contribution >= 4 is 17.4 Å². The Morgan fingerprint density at radius 2 is 1.64 bits per heavy atom. The fraction of sp³-hybridized carbons (Fsp3) is 0.407. The molecular weight excluding hydrogens is 416 g/mol. The summed E-state index contributed by atoms with van der Waals surface area (Å²) in [6.45, 7) is 11.5. The maximum absolute atomic E-state index is 13.1. The molecule has 0 aromatic heterocycles. The predicted octanol–water partition coefficient (Wildman–Crippen LogP) is 4.55. The Morgan fingerprint density at radius 3 is 2.21 bits per heavy atom. The van der Waals surface area contributed by atoms with Gasteiger partial charge in [0.05, 0.1) is 18.2 Å². The van der Waals surface area contributed by atoms with Crippen LogP contribution in [-0.4, -0.2) is 59.4 Å². The second-order valence-corrected chi connectivity index (χ2v) is 8.30. The van der Waals surface area contributed by atoms with E-state index in [0.29, 0.717) is 25.3 Å². The Kier molecular flexibility index (Phi) is 8.28. The van der Waals surface area contributed by atoms with Crippen molar-refractivity contribution in [2.24, 2.45) is 0 Å². The molecule has 0 bridgehead atoms. The molecule has 1 atom stereocenters. The number of hydrogen-bond donors (Lipinski definition) is 1. The van der Waals surface area contributed by atoms with Gasteiger partial charge in [0.15, 0.2) is 0 Å². The fourth-order valence-corrected chi connectivity index (χ4v) is 4.08. The van der Waals surface area contributed by atoms with Gasteiger partial charge in [-0.1, -0.05) is 62.7 Å². The van der Waals surface area contributed by atoms with E-state index in [1.165, 1.54) is 0 Å². The summed E-state index contributed by atoms with van der Waals surface area (Å²) in [5.41, 5.74) is 2.47. The Labute approximate surface area is 196 Å². The van der Waals surface area contributed by atoms with Crippen LogP contribution in [0.25, 0.3) is 5.76 Å².